The van der Waals surface area contributed by atoms with Gasteiger partial charge in [0.25, 0.3) is 5.69 Å². The Morgan fingerprint density at radius 2 is 1.57 bits per heavy atom. The van der Waals surface area contributed by atoms with Gasteiger partial charge in [-0.2, -0.15) is 0 Å². The number of hydrogen-bond donors (Lipinski definition) is 2. The molecular weight excluding hydrogens is 286 g/mol. The average molecular weight is 301 g/mol. The van der Waals surface area contributed by atoms with Gasteiger partial charge >= 0.3 is 11.4 Å². The van der Waals surface area contributed by atoms with Gasteiger partial charge in [0.1, 0.15) is 5.56 Å². The van der Waals surface area contributed by atoms with E-state index < -0.39 is 31.8 Å². The van der Waals surface area contributed by atoms with Crippen LogP contribution in [0.3, 0.4) is 0 Å². The van der Waals surface area contributed by atoms with Crippen molar-refractivity contribution in [2.24, 2.45) is 0 Å². The number of hydrogen-bond acceptors (Lipinski definition) is 8. The van der Waals surface area contributed by atoms with Gasteiger partial charge in [0.2, 0.25) is 0 Å². The number of benzene rings is 1. The summed E-state index contributed by atoms with van der Waals surface area (Å²) < 4.78 is 0. The van der Waals surface area contributed by atoms with Gasteiger partial charge in [-0.25, -0.2) is 0 Å². The predicted molar refractivity (Wildman–Crippen MR) is 75.4 cm³/mol. The highest BCUT2D eigenvalue weighted by Crippen LogP contribution is 2.41. The number of nitrogens with one attached hydrogen (secondary N) is 2. The fraction of sp³-hybridized carbons (Fsp3) is 0.400. The summed E-state index contributed by atoms with van der Waals surface area (Å²) >= 11 is 0. The second-order valence-corrected chi connectivity index (χ2v) is 3.74. The number of nitro benzene ring substituents is 3. The first-order chi connectivity index (χ1) is 9.31. The van der Waals surface area contributed by atoms with Crippen LogP contribution < -0.4 is 10.6 Å². The van der Waals surface area contributed by atoms with E-state index in [0.717, 1.165) is 0 Å². The van der Waals surface area contributed by atoms with Crippen molar-refractivity contribution in [3.05, 3.63) is 42.0 Å². The van der Waals surface area contributed by atoms with Crippen LogP contribution in [0, 0.1) is 37.3 Å². The van der Waals surface area contributed by atoms with Crippen LogP contribution in [0.5, 0.6) is 0 Å². The molecule has 0 aliphatic heterocycles. The molecule has 0 aliphatic rings. The second-order valence-electron chi connectivity index (χ2n) is 3.74. The molecule has 1 aromatic carbocycles. The monoisotopic (exact) mass is 301 g/mol. The molecule has 0 radical (unpaired) electrons. The van der Waals surface area contributed by atoms with Crippen LogP contribution in [-0.4, -0.2) is 28.5 Å². The second kappa shape index (κ2) is 7.09. The first-order valence-electron chi connectivity index (χ1n) is 5.30. The molecule has 0 spiro atoms. The van der Waals surface area contributed by atoms with Gasteiger partial charge in [0.05, 0.1) is 27.5 Å². The van der Waals surface area contributed by atoms with Crippen LogP contribution in [-0.2, 0) is 0 Å². The highest BCUT2D eigenvalue weighted by molar-refractivity contribution is 5.80. The van der Waals surface area contributed by atoms with E-state index in [9.17, 15) is 30.3 Å². The van der Waals surface area contributed by atoms with Gasteiger partial charge in [-0.15, -0.1) is 0 Å². The third kappa shape index (κ3) is 3.60. The summed E-state index contributed by atoms with van der Waals surface area (Å²) in [5.74, 6) is 0. The van der Waals surface area contributed by atoms with E-state index in [2.05, 4.69) is 10.6 Å². The quantitative estimate of drug-likeness (QED) is 0.459. The van der Waals surface area contributed by atoms with E-state index in [1.54, 1.807) is 0 Å². The van der Waals surface area contributed by atoms with Crippen molar-refractivity contribution < 1.29 is 14.8 Å². The van der Waals surface area contributed by atoms with Crippen molar-refractivity contribution in [1.82, 2.24) is 5.32 Å². The van der Waals surface area contributed by atoms with Crippen molar-refractivity contribution in [2.75, 3.05) is 19.0 Å². The van der Waals surface area contributed by atoms with Gasteiger partial charge < -0.3 is 10.6 Å². The lowest BCUT2D eigenvalue weighted by atomic mass is 10.1. The van der Waals surface area contributed by atoms with Crippen molar-refractivity contribution in [3.63, 3.8) is 0 Å². The molecule has 0 amide bonds. The van der Waals surface area contributed by atoms with Gasteiger partial charge in [-0.3, -0.25) is 30.3 Å². The fourth-order valence-corrected chi connectivity index (χ4v) is 1.65. The number of anilines is 1. The van der Waals surface area contributed by atoms with Gasteiger partial charge in [-0.05, 0) is 14.0 Å². The van der Waals surface area contributed by atoms with E-state index in [0.29, 0.717) is 6.07 Å². The highest BCUT2D eigenvalue weighted by Gasteiger charge is 2.34. The highest BCUT2D eigenvalue weighted by atomic mass is 16.6. The molecule has 21 heavy (non-hydrogen) atoms. The number of rotatable bonds is 6. The summed E-state index contributed by atoms with van der Waals surface area (Å²) in [6, 6.07) is 0.709. The Morgan fingerprint density at radius 1 is 1.05 bits per heavy atom. The van der Waals surface area contributed by atoms with Gasteiger partial charge in [0.15, 0.2) is 5.69 Å². The molecule has 0 unspecified atom stereocenters. The minimum absolute atomic E-state index is 0. The normalized spacial score (nSPS) is 9.62. The predicted octanol–water partition coefficient (Wildman–Crippen LogP) is 1.94. The van der Waals surface area contributed by atoms with Crippen molar-refractivity contribution in [2.45, 2.75) is 14.4 Å². The first-order valence-corrected chi connectivity index (χ1v) is 5.30. The summed E-state index contributed by atoms with van der Waals surface area (Å²) in [6.07, 6.45) is 0. The van der Waals surface area contributed by atoms with E-state index >= 15 is 0 Å². The zero-order valence-electron chi connectivity index (χ0n) is 10.6. The minimum Gasteiger partial charge on any atom is -0.361 e. The minimum atomic E-state index is -0.905. The summed E-state index contributed by atoms with van der Waals surface area (Å²) in [6.45, 7) is 1.20. The summed E-state index contributed by atoms with van der Waals surface area (Å²) in [7, 11) is 1.53. The van der Waals surface area contributed by atoms with Crippen LogP contribution in [0.25, 0.3) is 0 Å². The zero-order chi connectivity index (χ0) is 15.4. The molecule has 1 aromatic rings. The Labute approximate surface area is 119 Å². The van der Waals surface area contributed by atoms with Gasteiger partial charge in [0, 0.05) is 0 Å². The largest absolute Gasteiger partial charge is 0.361 e. The standard InChI is InChI=1S/C9H11N5O6.CH4/c1-5-6(12(15)16)3-7(13(17)18)8(11-4-10-2)9(5)14(19)20;/h3,10-11H,4H2,1-2H3;1H4. The maximum Gasteiger partial charge on any atom is 0.309 e. The molecule has 0 atom stereocenters. The Hall–Kier alpha value is -2.82. The molecule has 1 rings (SSSR count). The fourth-order valence-electron chi connectivity index (χ4n) is 1.65. The van der Waals surface area contributed by atoms with Crippen molar-refractivity contribution in [3.8, 4) is 0 Å². The van der Waals surface area contributed by atoms with Crippen molar-refractivity contribution in [1.29, 1.82) is 0 Å². The molecular formula is C10H15N5O6. The van der Waals surface area contributed by atoms with E-state index in [-0.39, 0.29) is 25.3 Å². The Morgan fingerprint density at radius 3 is 1.95 bits per heavy atom. The topological polar surface area (TPSA) is 153 Å². The third-order valence-electron chi connectivity index (χ3n) is 2.52. The zero-order valence-corrected chi connectivity index (χ0v) is 10.6. The Kier molecular flexibility index (Phi) is 6.14. The molecule has 0 saturated heterocycles. The van der Waals surface area contributed by atoms with Crippen LogP contribution in [0.4, 0.5) is 22.7 Å². The van der Waals surface area contributed by atoms with Crippen molar-refractivity contribution >= 4 is 22.7 Å². The van der Waals surface area contributed by atoms with E-state index in [1.807, 2.05) is 0 Å². The average Bonchev–Trinajstić information content (AvgIpc) is 2.34. The molecule has 11 heteroatoms. The molecule has 0 aromatic heterocycles. The van der Waals surface area contributed by atoms with Crippen LogP contribution in [0.2, 0.25) is 0 Å². The third-order valence-corrected chi connectivity index (χ3v) is 2.52. The molecule has 2 N–H and O–H groups in total. The summed E-state index contributed by atoms with van der Waals surface area (Å²) in [4.78, 5) is 30.1. The van der Waals surface area contributed by atoms with E-state index in [4.69, 9.17) is 0 Å². The molecule has 0 heterocycles. The lowest BCUT2D eigenvalue weighted by molar-refractivity contribution is -0.402. The molecule has 0 fully saturated rings. The molecule has 0 saturated carbocycles. The SMILES string of the molecule is C.CNCNc1c([N+](=O)[O-])cc([N+](=O)[O-])c(C)c1[N+](=O)[O-]. The first kappa shape index (κ1) is 18.2. The number of nitro groups is 3. The summed E-state index contributed by atoms with van der Waals surface area (Å²) in [5, 5.41) is 37.9. The molecule has 0 bridgehead atoms. The van der Waals surface area contributed by atoms with Crippen LogP contribution >= 0.6 is 0 Å². The van der Waals surface area contributed by atoms with Gasteiger partial charge in [-0.1, -0.05) is 7.43 Å². The lowest BCUT2D eigenvalue weighted by Crippen LogP contribution is -2.18. The Balaban J connectivity index is 0.00000400. The van der Waals surface area contributed by atoms with E-state index in [1.165, 1.54) is 14.0 Å². The number of nitrogens with zero attached hydrogens (tertiary/aromatic N) is 3. The Bertz CT molecular complexity index is 588. The van der Waals surface area contributed by atoms with Crippen LogP contribution in [0.15, 0.2) is 6.07 Å². The maximum atomic E-state index is 11.1. The summed E-state index contributed by atoms with van der Waals surface area (Å²) in [5.41, 5.74) is -2.68. The lowest BCUT2D eigenvalue weighted by Gasteiger charge is -2.09. The molecule has 116 valence electrons. The maximum absolute atomic E-state index is 11.1. The van der Waals surface area contributed by atoms with Crippen LogP contribution in [0.1, 0.15) is 13.0 Å². The smallest absolute Gasteiger partial charge is 0.309 e. The molecule has 11 nitrogen and oxygen atoms in total. The molecule has 0 aliphatic carbocycles.